The van der Waals surface area contributed by atoms with Crippen LogP contribution in [0.2, 0.25) is 0 Å². The maximum absolute atomic E-state index is 12.6. The predicted octanol–water partition coefficient (Wildman–Crippen LogP) is 2.61. The Bertz CT molecular complexity index is 897. The molecular weight excluding hydrogens is 334 g/mol. The number of hydrogen-bond donors (Lipinski definition) is 0. The first-order valence-corrected chi connectivity index (χ1v) is 9.24. The highest BCUT2D eigenvalue weighted by Gasteiger charge is 2.26. The van der Waals surface area contributed by atoms with Crippen molar-refractivity contribution in [1.29, 1.82) is 0 Å². The van der Waals surface area contributed by atoms with Gasteiger partial charge in [-0.1, -0.05) is 23.5 Å². The third-order valence-electron chi connectivity index (χ3n) is 4.78. The number of aromatic nitrogens is 3. The maximum atomic E-state index is 12.6. The molecule has 1 saturated heterocycles. The van der Waals surface area contributed by atoms with Crippen LogP contribution in [-0.4, -0.2) is 51.5 Å². The number of anilines is 1. The van der Waals surface area contributed by atoms with Crippen LogP contribution in [0.25, 0.3) is 10.2 Å². The van der Waals surface area contributed by atoms with Crippen molar-refractivity contribution in [3.05, 3.63) is 41.5 Å². The molecule has 1 amide bonds. The number of piperazine rings is 1. The standard InChI is InChI=1S/C18H21N5OS/c1-12-4-5-13(2)15-14(12)20-18(25-15)23-10-8-22(9-11-23)17(24)16-19-6-7-21(16)3/h4-7H,8-11H2,1-3H3. The Morgan fingerprint density at radius 3 is 2.48 bits per heavy atom. The molecule has 0 atom stereocenters. The summed E-state index contributed by atoms with van der Waals surface area (Å²) in [5, 5.41) is 1.05. The summed E-state index contributed by atoms with van der Waals surface area (Å²) in [6, 6.07) is 4.29. The molecule has 7 heteroatoms. The van der Waals surface area contributed by atoms with Crippen LogP contribution in [0.4, 0.5) is 5.13 Å². The highest BCUT2D eigenvalue weighted by atomic mass is 32.1. The molecule has 0 unspecified atom stereocenters. The van der Waals surface area contributed by atoms with E-state index in [0.29, 0.717) is 18.9 Å². The Kier molecular flexibility index (Phi) is 3.95. The van der Waals surface area contributed by atoms with Crippen molar-refractivity contribution in [3.8, 4) is 0 Å². The van der Waals surface area contributed by atoms with E-state index in [1.807, 2.05) is 11.9 Å². The molecule has 6 nitrogen and oxygen atoms in total. The number of nitrogens with zero attached hydrogens (tertiary/aromatic N) is 5. The van der Waals surface area contributed by atoms with Crippen molar-refractivity contribution < 1.29 is 4.79 Å². The number of hydrogen-bond acceptors (Lipinski definition) is 5. The van der Waals surface area contributed by atoms with Crippen molar-refractivity contribution in [2.75, 3.05) is 31.1 Å². The Hall–Kier alpha value is -2.41. The topological polar surface area (TPSA) is 54.3 Å². The van der Waals surface area contributed by atoms with Crippen molar-refractivity contribution in [3.63, 3.8) is 0 Å². The van der Waals surface area contributed by atoms with E-state index >= 15 is 0 Å². The van der Waals surface area contributed by atoms with Crippen LogP contribution in [0.5, 0.6) is 0 Å². The van der Waals surface area contributed by atoms with Gasteiger partial charge in [-0.3, -0.25) is 4.79 Å². The average molecular weight is 355 g/mol. The lowest BCUT2D eigenvalue weighted by Crippen LogP contribution is -2.49. The van der Waals surface area contributed by atoms with Crippen LogP contribution in [0.3, 0.4) is 0 Å². The smallest absolute Gasteiger partial charge is 0.289 e. The van der Waals surface area contributed by atoms with Crippen LogP contribution in [0.15, 0.2) is 24.5 Å². The van der Waals surface area contributed by atoms with E-state index in [1.54, 1.807) is 28.3 Å². The SMILES string of the molecule is Cc1ccc(C)c2sc(N3CCN(C(=O)c4nccn4C)CC3)nc12. The van der Waals surface area contributed by atoms with Gasteiger partial charge in [0.15, 0.2) is 11.0 Å². The Balaban J connectivity index is 1.51. The number of carbonyl (C=O) groups is 1. The van der Waals surface area contributed by atoms with Gasteiger partial charge in [-0.15, -0.1) is 0 Å². The number of benzene rings is 1. The molecule has 1 aromatic carbocycles. The van der Waals surface area contributed by atoms with Gasteiger partial charge in [0.05, 0.1) is 10.2 Å². The van der Waals surface area contributed by atoms with Gasteiger partial charge in [0.1, 0.15) is 0 Å². The van der Waals surface area contributed by atoms with E-state index in [1.165, 1.54) is 15.8 Å². The molecule has 25 heavy (non-hydrogen) atoms. The molecule has 1 aliphatic rings. The zero-order valence-electron chi connectivity index (χ0n) is 14.7. The minimum atomic E-state index is 0.00291. The Morgan fingerprint density at radius 2 is 1.84 bits per heavy atom. The lowest BCUT2D eigenvalue weighted by atomic mass is 10.1. The molecule has 0 N–H and O–H groups in total. The van der Waals surface area contributed by atoms with Crippen molar-refractivity contribution in [2.45, 2.75) is 13.8 Å². The van der Waals surface area contributed by atoms with Gasteiger partial charge >= 0.3 is 0 Å². The highest BCUT2D eigenvalue weighted by molar-refractivity contribution is 7.22. The monoisotopic (exact) mass is 355 g/mol. The van der Waals surface area contributed by atoms with Crippen LogP contribution in [0.1, 0.15) is 21.7 Å². The Morgan fingerprint density at radius 1 is 1.12 bits per heavy atom. The minimum Gasteiger partial charge on any atom is -0.345 e. The molecular formula is C18H21N5OS. The quantitative estimate of drug-likeness (QED) is 0.709. The molecule has 4 rings (SSSR count). The number of fused-ring (bicyclic) bond motifs is 1. The first-order valence-electron chi connectivity index (χ1n) is 8.43. The highest BCUT2D eigenvalue weighted by Crippen LogP contribution is 2.33. The molecule has 0 aliphatic carbocycles. The summed E-state index contributed by atoms with van der Waals surface area (Å²) < 4.78 is 3.04. The summed E-state index contributed by atoms with van der Waals surface area (Å²) in [5.41, 5.74) is 3.59. The van der Waals surface area contributed by atoms with Gasteiger partial charge in [-0.25, -0.2) is 9.97 Å². The van der Waals surface area contributed by atoms with Gasteiger partial charge in [0, 0.05) is 45.6 Å². The first kappa shape index (κ1) is 16.1. The summed E-state index contributed by atoms with van der Waals surface area (Å²) in [7, 11) is 1.85. The van der Waals surface area contributed by atoms with Gasteiger partial charge in [-0.05, 0) is 25.0 Å². The molecule has 3 aromatic rings. The van der Waals surface area contributed by atoms with Gasteiger partial charge < -0.3 is 14.4 Å². The fourth-order valence-electron chi connectivity index (χ4n) is 3.20. The number of rotatable bonds is 2. The number of carbonyl (C=O) groups excluding carboxylic acids is 1. The van der Waals surface area contributed by atoms with E-state index in [4.69, 9.17) is 4.98 Å². The molecule has 0 radical (unpaired) electrons. The molecule has 0 bridgehead atoms. The fourth-order valence-corrected chi connectivity index (χ4v) is 4.36. The number of aryl methyl sites for hydroxylation is 3. The van der Waals surface area contributed by atoms with E-state index in [-0.39, 0.29) is 5.91 Å². The van der Waals surface area contributed by atoms with E-state index in [2.05, 4.69) is 35.9 Å². The Labute approximate surface area is 150 Å². The molecule has 130 valence electrons. The second-order valence-corrected chi connectivity index (χ2v) is 7.49. The van der Waals surface area contributed by atoms with E-state index < -0.39 is 0 Å². The van der Waals surface area contributed by atoms with Gasteiger partial charge in [0.2, 0.25) is 0 Å². The van der Waals surface area contributed by atoms with Crippen LogP contribution in [0, 0.1) is 13.8 Å². The summed E-state index contributed by atoms with van der Waals surface area (Å²) in [6.07, 6.45) is 3.46. The molecule has 2 aromatic heterocycles. The zero-order valence-corrected chi connectivity index (χ0v) is 15.5. The van der Waals surface area contributed by atoms with E-state index in [9.17, 15) is 4.79 Å². The first-order chi connectivity index (χ1) is 12.0. The molecule has 3 heterocycles. The third kappa shape index (κ3) is 2.78. The van der Waals surface area contributed by atoms with Crippen molar-refractivity contribution >= 4 is 32.6 Å². The lowest BCUT2D eigenvalue weighted by Gasteiger charge is -2.34. The van der Waals surface area contributed by atoms with Crippen LogP contribution >= 0.6 is 11.3 Å². The van der Waals surface area contributed by atoms with Crippen molar-refractivity contribution in [1.82, 2.24) is 19.4 Å². The van der Waals surface area contributed by atoms with Crippen LogP contribution in [-0.2, 0) is 7.05 Å². The summed E-state index contributed by atoms with van der Waals surface area (Å²) in [4.78, 5) is 25.7. The average Bonchev–Trinajstić information content (AvgIpc) is 3.25. The number of amides is 1. The second kappa shape index (κ2) is 6.15. The molecule has 1 fully saturated rings. The zero-order chi connectivity index (χ0) is 17.6. The number of thiazole rings is 1. The van der Waals surface area contributed by atoms with E-state index in [0.717, 1.165) is 23.7 Å². The minimum absolute atomic E-state index is 0.00291. The molecule has 0 spiro atoms. The van der Waals surface area contributed by atoms with Gasteiger partial charge in [-0.2, -0.15) is 0 Å². The van der Waals surface area contributed by atoms with Crippen molar-refractivity contribution in [2.24, 2.45) is 7.05 Å². The fraction of sp³-hybridized carbons (Fsp3) is 0.389. The molecule has 1 aliphatic heterocycles. The number of imidazole rings is 1. The predicted molar refractivity (Wildman–Crippen MR) is 100 cm³/mol. The van der Waals surface area contributed by atoms with Gasteiger partial charge in [0.25, 0.3) is 5.91 Å². The maximum Gasteiger partial charge on any atom is 0.289 e. The summed E-state index contributed by atoms with van der Waals surface area (Å²) in [6.45, 7) is 7.23. The second-order valence-electron chi connectivity index (χ2n) is 6.51. The largest absolute Gasteiger partial charge is 0.345 e. The summed E-state index contributed by atoms with van der Waals surface area (Å²) >= 11 is 1.75. The normalized spacial score (nSPS) is 15.2. The molecule has 0 saturated carbocycles. The third-order valence-corrected chi connectivity index (χ3v) is 6.03. The lowest BCUT2D eigenvalue weighted by molar-refractivity contribution is 0.0731. The summed E-state index contributed by atoms with van der Waals surface area (Å²) in [5.74, 6) is 0.503. The van der Waals surface area contributed by atoms with Crippen LogP contribution < -0.4 is 4.90 Å².